The number of carbonyl (C=O) groups excluding carboxylic acids is 3. The van der Waals surface area contributed by atoms with E-state index in [0.29, 0.717) is 18.2 Å². The van der Waals surface area contributed by atoms with Crippen LogP contribution in [-0.2, 0) is 25.7 Å². The van der Waals surface area contributed by atoms with Crippen LogP contribution in [0.2, 0.25) is 0 Å². The van der Waals surface area contributed by atoms with Gasteiger partial charge < -0.3 is 10.1 Å². The van der Waals surface area contributed by atoms with Crippen molar-refractivity contribution >= 4 is 17.7 Å². The number of fused-ring (bicyclic) bond motifs is 7. The van der Waals surface area contributed by atoms with Gasteiger partial charge in [0.1, 0.15) is 6.10 Å². The molecule has 5 nitrogen and oxygen atoms in total. The SMILES string of the molecule is CC(=O)O[C@H]1CC[C@]2(C)[C@H]3C(=O)C=C4[C@@H]5C[C@@](C)(C(=O)NCc6ccccc6)CC[C@]5(C)CC[C@@]4(C)[C@]3(C)CC[C@H]2C1(C)C. The van der Waals surface area contributed by atoms with Crippen LogP contribution in [0.15, 0.2) is 42.0 Å². The van der Waals surface area contributed by atoms with Crippen LogP contribution in [0.3, 0.4) is 0 Å². The maximum absolute atomic E-state index is 14.7. The molecule has 1 amide bonds. The standard InChI is InChI=1S/C39H55NO4/c1-25(41)44-31-15-16-37(6)30(34(31,2)3)14-17-39(8)32(37)29(42)22-27-28-23-36(5,19-18-35(28,4)20-21-38(27,39)7)33(43)40-24-26-12-10-9-11-13-26/h9-13,22,28,30-32H,14-21,23-24H2,1-8H3,(H,40,43)/t28-,30-,31-,32+,35+,36-,37-,38+,39+/m0/s1. The molecule has 5 heteroatoms. The van der Waals surface area contributed by atoms with Crippen molar-refractivity contribution in [2.75, 3.05) is 0 Å². The Morgan fingerprint density at radius 3 is 2.25 bits per heavy atom. The van der Waals surface area contributed by atoms with Crippen molar-refractivity contribution in [3.8, 4) is 0 Å². The molecule has 0 unspecified atom stereocenters. The maximum Gasteiger partial charge on any atom is 0.302 e. The monoisotopic (exact) mass is 601 g/mol. The number of ether oxygens (including phenoxy) is 1. The van der Waals surface area contributed by atoms with Crippen LogP contribution in [0.1, 0.15) is 119 Å². The van der Waals surface area contributed by atoms with E-state index in [4.69, 9.17) is 4.74 Å². The quantitative estimate of drug-likeness (QED) is 0.353. The van der Waals surface area contributed by atoms with Crippen molar-refractivity contribution in [2.24, 2.45) is 50.2 Å². The number of esters is 1. The van der Waals surface area contributed by atoms with Crippen molar-refractivity contribution in [3.05, 3.63) is 47.5 Å². The summed E-state index contributed by atoms with van der Waals surface area (Å²) in [6.07, 6.45) is 10.7. The van der Waals surface area contributed by atoms with Gasteiger partial charge in [-0.2, -0.15) is 0 Å². The zero-order valence-electron chi connectivity index (χ0n) is 28.5. The molecule has 4 saturated carbocycles. The number of ketones is 1. The molecule has 0 aliphatic heterocycles. The lowest BCUT2D eigenvalue weighted by atomic mass is 9.33. The van der Waals surface area contributed by atoms with Crippen LogP contribution in [0.4, 0.5) is 0 Å². The van der Waals surface area contributed by atoms with E-state index in [2.05, 4.69) is 72.0 Å². The van der Waals surface area contributed by atoms with Gasteiger partial charge in [0.15, 0.2) is 5.78 Å². The minimum atomic E-state index is -0.457. The Morgan fingerprint density at radius 1 is 0.886 bits per heavy atom. The minimum absolute atomic E-state index is 0.0476. The maximum atomic E-state index is 14.7. The van der Waals surface area contributed by atoms with Gasteiger partial charge in [-0.25, -0.2) is 0 Å². The second-order valence-corrected chi connectivity index (χ2v) is 17.4. The molecule has 6 rings (SSSR count). The molecule has 0 heterocycles. The van der Waals surface area contributed by atoms with Gasteiger partial charge in [-0.3, -0.25) is 14.4 Å². The number of nitrogens with one attached hydrogen (secondary N) is 1. The molecule has 44 heavy (non-hydrogen) atoms. The van der Waals surface area contributed by atoms with Crippen molar-refractivity contribution in [1.29, 1.82) is 0 Å². The summed E-state index contributed by atoms with van der Waals surface area (Å²) in [7, 11) is 0. The molecule has 1 aromatic rings. The first-order chi connectivity index (χ1) is 20.5. The number of allylic oxidation sites excluding steroid dienone is 2. The summed E-state index contributed by atoms with van der Waals surface area (Å²) >= 11 is 0. The first kappa shape index (κ1) is 31.5. The third-order valence-electron chi connectivity index (χ3n) is 14.7. The molecule has 240 valence electrons. The van der Waals surface area contributed by atoms with Gasteiger partial charge in [-0.15, -0.1) is 0 Å². The van der Waals surface area contributed by atoms with Gasteiger partial charge in [0.25, 0.3) is 0 Å². The second kappa shape index (κ2) is 10.3. The topological polar surface area (TPSA) is 72.5 Å². The highest BCUT2D eigenvalue weighted by Crippen LogP contribution is 2.75. The van der Waals surface area contributed by atoms with E-state index in [1.165, 1.54) is 12.5 Å². The van der Waals surface area contributed by atoms with E-state index >= 15 is 0 Å². The molecule has 0 spiro atoms. The number of rotatable bonds is 4. The number of amides is 1. The molecule has 1 N–H and O–H groups in total. The summed E-state index contributed by atoms with van der Waals surface area (Å²) in [6.45, 7) is 18.5. The van der Waals surface area contributed by atoms with Gasteiger partial charge in [0, 0.05) is 30.2 Å². The third kappa shape index (κ3) is 4.48. The lowest BCUT2D eigenvalue weighted by Crippen LogP contribution is -2.66. The fourth-order valence-electron chi connectivity index (χ4n) is 11.8. The summed E-state index contributed by atoms with van der Waals surface area (Å²) in [5.41, 5.74) is 1.55. The van der Waals surface area contributed by atoms with Gasteiger partial charge in [-0.1, -0.05) is 84.4 Å². The molecule has 0 saturated heterocycles. The minimum Gasteiger partial charge on any atom is -0.462 e. The summed E-state index contributed by atoms with van der Waals surface area (Å²) in [4.78, 5) is 40.4. The van der Waals surface area contributed by atoms with E-state index in [9.17, 15) is 14.4 Å². The highest BCUT2D eigenvalue weighted by molar-refractivity contribution is 5.95. The van der Waals surface area contributed by atoms with Crippen LogP contribution in [-0.4, -0.2) is 23.8 Å². The molecule has 1 aromatic carbocycles. The van der Waals surface area contributed by atoms with Gasteiger partial charge in [0.05, 0.1) is 0 Å². The zero-order chi connectivity index (χ0) is 31.9. The van der Waals surface area contributed by atoms with Crippen LogP contribution in [0.25, 0.3) is 0 Å². The fraction of sp³-hybridized carbons (Fsp3) is 0.718. The molecule has 0 bridgehead atoms. The predicted molar refractivity (Wildman–Crippen MR) is 173 cm³/mol. The molecule has 5 aliphatic carbocycles. The third-order valence-corrected chi connectivity index (χ3v) is 14.7. The molecule has 4 fully saturated rings. The second-order valence-electron chi connectivity index (χ2n) is 17.4. The predicted octanol–water partition coefficient (Wildman–Crippen LogP) is 8.22. The van der Waals surface area contributed by atoms with Crippen molar-refractivity contribution in [1.82, 2.24) is 5.32 Å². The zero-order valence-corrected chi connectivity index (χ0v) is 28.5. The highest BCUT2D eigenvalue weighted by atomic mass is 16.5. The first-order valence-corrected chi connectivity index (χ1v) is 17.3. The normalized spacial score (nSPS) is 44.2. The molecule has 9 atom stereocenters. The highest BCUT2D eigenvalue weighted by Gasteiger charge is 2.70. The van der Waals surface area contributed by atoms with Crippen molar-refractivity contribution in [3.63, 3.8) is 0 Å². The molecule has 5 aliphatic rings. The number of benzene rings is 1. The Labute approximate surface area is 265 Å². The van der Waals surface area contributed by atoms with Crippen LogP contribution < -0.4 is 5.32 Å². The Bertz CT molecular complexity index is 1380. The van der Waals surface area contributed by atoms with E-state index in [0.717, 1.165) is 63.4 Å². The Hall–Kier alpha value is -2.43. The molecular weight excluding hydrogens is 546 g/mol. The van der Waals surface area contributed by atoms with E-state index in [-0.39, 0.29) is 56.9 Å². The van der Waals surface area contributed by atoms with Gasteiger partial charge >= 0.3 is 5.97 Å². The van der Waals surface area contributed by atoms with Crippen LogP contribution in [0.5, 0.6) is 0 Å². The van der Waals surface area contributed by atoms with Crippen LogP contribution in [0, 0.1) is 50.2 Å². The summed E-state index contributed by atoms with van der Waals surface area (Å²) in [5, 5.41) is 3.26. The molecule has 0 aromatic heterocycles. The molecular formula is C39H55NO4. The van der Waals surface area contributed by atoms with Gasteiger partial charge in [-0.05, 0) is 103 Å². The number of carbonyl (C=O) groups is 3. The number of hydrogen-bond donors (Lipinski definition) is 1. The summed E-state index contributed by atoms with van der Waals surface area (Å²) < 4.78 is 5.88. The van der Waals surface area contributed by atoms with E-state index < -0.39 is 5.41 Å². The lowest BCUT2D eigenvalue weighted by Gasteiger charge is -2.70. The van der Waals surface area contributed by atoms with Crippen LogP contribution >= 0.6 is 0 Å². The smallest absolute Gasteiger partial charge is 0.302 e. The largest absolute Gasteiger partial charge is 0.462 e. The summed E-state index contributed by atoms with van der Waals surface area (Å²) in [5.74, 6) is 0.731. The first-order valence-electron chi connectivity index (χ1n) is 17.3. The average Bonchev–Trinajstić information content (AvgIpc) is 2.95. The Kier molecular flexibility index (Phi) is 7.38. The Morgan fingerprint density at radius 2 is 1.57 bits per heavy atom. The van der Waals surface area contributed by atoms with E-state index in [1.54, 1.807) is 0 Å². The average molecular weight is 602 g/mol. The lowest BCUT2D eigenvalue weighted by molar-refractivity contribution is -0.210. The van der Waals surface area contributed by atoms with Crippen molar-refractivity contribution < 1.29 is 19.1 Å². The Balaban J connectivity index is 1.32. The summed E-state index contributed by atoms with van der Waals surface area (Å²) in [6, 6.07) is 10.1. The fourth-order valence-corrected chi connectivity index (χ4v) is 11.8. The number of hydrogen-bond acceptors (Lipinski definition) is 4. The van der Waals surface area contributed by atoms with Gasteiger partial charge in [0.2, 0.25) is 5.91 Å². The van der Waals surface area contributed by atoms with Crippen molar-refractivity contribution in [2.45, 2.75) is 126 Å². The van der Waals surface area contributed by atoms with E-state index in [1.807, 2.05) is 18.2 Å². The molecule has 0 radical (unpaired) electrons.